The number of hydrogen-bond acceptors (Lipinski definition) is 5. The molecule has 0 radical (unpaired) electrons. The van der Waals surface area contributed by atoms with Crippen LogP contribution in [-0.2, 0) is 22.6 Å². The molecule has 128 valence electrons. The predicted octanol–water partition coefficient (Wildman–Crippen LogP) is 3.25. The number of rotatable bonds is 7. The van der Waals surface area contributed by atoms with Crippen LogP contribution in [0.5, 0.6) is 0 Å². The Bertz CT molecular complexity index is 630. The van der Waals surface area contributed by atoms with E-state index in [2.05, 4.69) is 4.90 Å². The lowest BCUT2D eigenvalue weighted by molar-refractivity contribution is 0.0600. The summed E-state index contributed by atoms with van der Waals surface area (Å²) in [4.78, 5) is 13.8. The van der Waals surface area contributed by atoms with Crippen molar-refractivity contribution in [3.8, 4) is 0 Å². The highest BCUT2D eigenvalue weighted by molar-refractivity contribution is 5.89. The van der Waals surface area contributed by atoms with Crippen LogP contribution in [0, 0.1) is 0 Å². The highest BCUT2D eigenvalue weighted by Crippen LogP contribution is 2.18. The van der Waals surface area contributed by atoms with E-state index >= 15 is 0 Å². The minimum Gasteiger partial charge on any atom is -0.468 e. The standard InChI is InChI=1S/C19H23NO4/c1-22-19(21)16-8-6-15(7-9-16)12-20(13-17-4-2-10-23-17)14-18-5-3-11-24-18/h2,4,6-10,18H,3,5,11-14H2,1H3. The Morgan fingerprint density at radius 1 is 1.25 bits per heavy atom. The van der Waals surface area contributed by atoms with Crippen LogP contribution in [-0.4, -0.2) is 37.2 Å². The van der Waals surface area contributed by atoms with Gasteiger partial charge in [-0.05, 0) is 42.7 Å². The van der Waals surface area contributed by atoms with E-state index in [0.717, 1.165) is 50.4 Å². The van der Waals surface area contributed by atoms with Gasteiger partial charge in [0.2, 0.25) is 0 Å². The number of methoxy groups -OCH3 is 1. The molecule has 24 heavy (non-hydrogen) atoms. The van der Waals surface area contributed by atoms with Gasteiger partial charge in [0.15, 0.2) is 0 Å². The Labute approximate surface area is 142 Å². The largest absolute Gasteiger partial charge is 0.468 e. The van der Waals surface area contributed by atoms with E-state index in [9.17, 15) is 4.79 Å². The van der Waals surface area contributed by atoms with Crippen LogP contribution < -0.4 is 0 Å². The zero-order chi connectivity index (χ0) is 16.8. The summed E-state index contributed by atoms with van der Waals surface area (Å²) in [5, 5.41) is 0. The first-order chi connectivity index (χ1) is 11.7. The lowest BCUT2D eigenvalue weighted by atomic mass is 10.1. The van der Waals surface area contributed by atoms with Gasteiger partial charge in [-0.25, -0.2) is 4.79 Å². The van der Waals surface area contributed by atoms with Crippen molar-refractivity contribution in [1.29, 1.82) is 0 Å². The Kier molecular flexibility index (Phi) is 5.67. The first-order valence-corrected chi connectivity index (χ1v) is 8.28. The monoisotopic (exact) mass is 329 g/mol. The van der Waals surface area contributed by atoms with Gasteiger partial charge in [0.1, 0.15) is 5.76 Å². The maximum Gasteiger partial charge on any atom is 0.337 e. The second-order valence-corrected chi connectivity index (χ2v) is 6.07. The average molecular weight is 329 g/mol. The molecule has 1 aliphatic rings. The van der Waals surface area contributed by atoms with Gasteiger partial charge in [-0.2, -0.15) is 0 Å². The van der Waals surface area contributed by atoms with Crippen LogP contribution in [0.3, 0.4) is 0 Å². The summed E-state index contributed by atoms with van der Waals surface area (Å²) in [5.74, 6) is 0.632. The van der Waals surface area contributed by atoms with Gasteiger partial charge in [-0.1, -0.05) is 12.1 Å². The summed E-state index contributed by atoms with van der Waals surface area (Å²) < 4.78 is 16.0. The molecule has 2 heterocycles. The van der Waals surface area contributed by atoms with E-state index in [4.69, 9.17) is 13.9 Å². The van der Waals surface area contributed by atoms with Gasteiger partial charge in [-0.15, -0.1) is 0 Å². The molecule has 0 spiro atoms. The van der Waals surface area contributed by atoms with E-state index < -0.39 is 0 Å². The second kappa shape index (κ2) is 8.13. The van der Waals surface area contributed by atoms with Crippen LogP contribution in [0.15, 0.2) is 47.1 Å². The van der Waals surface area contributed by atoms with Crippen LogP contribution in [0.2, 0.25) is 0 Å². The van der Waals surface area contributed by atoms with Gasteiger partial charge in [-0.3, -0.25) is 4.90 Å². The third kappa shape index (κ3) is 4.46. The fourth-order valence-corrected chi connectivity index (χ4v) is 3.01. The second-order valence-electron chi connectivity index (χ2n) is 6.07. The maximum absolute atomic E-state index is 11.5. The van der Waals surface area contributed by atoms with Gasteiger partial charge < -0.3 is 13.9 Å². The summed E-state index contributed by atoms with van der Waals surface area (Å²) in [5.41, 5.74) is 1.71. The Morgan fingerprint density at radius 2 is 2.08 bits per heavy atom. The summed E-state index contributed by atoms with van der Waals surface area (Å²) in [6.07, 6.45) is 4.22. The third-order valence-corrected chi connectivity index (χ3v) is 4.23. The van der Waals surface area contributed by atoms with Crippen molar-refractivity contribution < 1.29 is 18.7 Å². The van der Waals surface area contributed by atoms with Gasteiger partial charge in [0, 0.05) is 19.7 Å². The summed E-state index contributed by atoms with van der Waals surface area (Å²) >= 11 is 0. The number of benzene rings is 1. The fraction of sp³-hybridized carbons (Fsp3) is 0.421. The Morgan fingerprint density at radius 3 is 2.71 bits per heavy atom. The van der Waals surface area contributed by atoms with Crippen molar-refractivity contribution in [2.45, 2.75) is 32.0 Å². The van der Waals surface area contributed by atoms with Crippen LogP contribution in [0.4, 0.5) is 0 Å². The zero-order valence-corrected chi connectivity index (χ0v) is 13.9. The van der Waals surface area contributed by atoms with E-state index in [1.54, 1.807) is 18.4 Å². The third-order valence-electron chi connectivity index (χ3n) is 4.23. The molecule has 1 unspecified atom stereocenters. The zero-order valence-electron chi connectivity index (χ0n) is 13.9. The molecule has 0 saturated carbocycles. The highest BCUT2D eigenvalue weighted by Gasteiger charge is 2.20. The summed E-state index contributed by atoms with van der Waals surface area (Å²) in [6.45, 7) is 3.25. The van der Waals surface area contributed by atoms with E-state index in [1.807, 2.05) is 24.3 Å². The molecule has 0 bridgehead atoms. The summed E-state index contributed by atoms with van der Waals surface area (Å²) in [7, 11) is 1.39. The lowest BCUT2D eigenvalue weighted by Gasteiger charge is -2.24. The van der Waals surface area contributed by atoms with Crippen molar-refractivity contribution >= 4 is 5.97 Å². The molecule has 1 aromatic heterocycles. The highest BCUT2D eigenvalue weighted by atomic mass is 16.5. The Balaban J connectivity index is 1.66. The van der Waals surface area contributed by atoms with Crippen molar-refractivity contribution in [3.63, 3.8) is 0 Å². The molecule has 1 atom stereocenters. The number of ether oxygens (including phenoxy) is 2. The quantitative estimate of drug-likeness (QED) is 0.730. The molecule has 5 nitrogen and oxygen atoms in total. The number of nitrogens with zero attached hydrogens (tertiary/aromatic N) is 1. The van der Waals surface area contributed by atoms with Gasteiger partial charge in [0.25, 0.3) is 0 Å². The van der Waals surface area contributed by atoms with Crippen LogP contribution in [0.1, 0.15) is 34.5 Å². The van der Waals surface area contributed by atoms with Gasteiger partial charge in [0.05, 0.1) is 31.6 Å². The van der Waals surface area contributed by atoms with Gasteiger partial charge >= 0.3 is 5.97 Å². The molecule has 0 N–H and O–H groups in total. The molecule has 1 saturated heterocycles. The molecule has 5 heteroatoms. The van der Waals surface area contributed by atoms with E-state index in [1.165, 1.54) is 7.11 Å². The predicted molar refractivity (Wildman–Crippen MR) is 89.6 cm³/mol. The van der Waals surface area contributed by atoms with Crippen molar-refractivity contribution in [2.24, 2.45) is 0 Å². The number of esters is 1. The molecule has 1 aromatic carbocycles. The number of carbonyl (C=O) groups is 1. The summed E-state index contributed by atoms with van der Waals surface area (Å²) in [6, 6.07) is 11.4. The SMILES string of the molecule is COC(=O)c1ccc(CN(Cc2ccco2)CC2CCCO2)cc1. The number of hydrogen-bond donors (Lipinski definition) is 0. The maximum atomic E-state index is 11.5. The van der Waals surface area contributed by atoms with Crippen LogP contribution >= 0.6 is 0 Å². The molecule has 0 amide bonds. The van der Waals surface area contributed by atoms with Crippen molar-refractivity contribution in [3.05, 3.63) is 59.5 Å². The number of furan rings is 1. The smallest absolute Gasteiger partial charge is 0.337 e. The minimum atomic E-state index is -0.312. The van der Waals surface area contributed by atoms with E-state index in [-0.39, 0.29) is 12.1 Å². The lowest BCUT2D eigenvalue weighted by Crippen LogP contribution is -2.31. The average Bonchev–Trinajstić information content (AvgIpc) is 3.29. The normalized spacial score (nSPS) is 17.3. The minimum absolute atomic E-state index is 0.286. The molecule has 1 aliphatic heterocycles. The molecular formula is C19H23NO4. The van der Waals surface area contributed by atoms with E-state index in [0.29, 0.717) is 5.56 Å². The molecular weight excluding hydrogens is 306 g/mol. The fourth-order valence-electron chi connectivity index (χ4n) is 3.01. The van der Waals surface area contributed by atoms with Crippen LogP contribution in [0.25, 0.3) is 0 Å². The molecule has 2 aromatic rings. The Hall–Kier alpha value is -2.11. The molecule has 0 aliphatic carbocycles. The van der Waals surface area contributed by atoms with Crippen molar-refractivity contribution in [2.75, 3.05) is 20.3 Å². The first-order valence-electron chi connectivity index (χ1n) is 8.28. The number of carbonyl (C=O) groups excluding carboxylic acids is 1. The van der Waals surface area contributed by atoms with Crippen molar-refractivity contribution in [1.82, 2.24) is 4.90 Å². The molecule has 1 fully saturated rings. The topological polar surface area (TPSA) is 51.9 Å². The first kappa shape index (κ1) is 16.7. The molecule has 3 rings (SSSR count).